The SMILES string of the molecule is Cc1cc(NC(=O)CSCC(=O)O[C@@H](C)c2nc3scc(-c4cccs4)c3c(=O)[nH]2)no1. The van der Waals surface area contributed by atoms with E-state index in [0.717, 1.165) is 22.2 Å². The lowest BCUT2D eigenvalue weighted by atomic mass is 10.2. The van der Waals surface area contributed by atoms with Gasteiger partial charge in [-0.3, -0.25) is 14.4 Å². The van der Waals surface area contributed by atoms with Crippen molar-refractivity contribution in [3.8, 4) is 10.4 Å². The predicted octanol–water partition coefficient (Wildman–Crippen LogP) is 3.99. The maximum Gasteiger partial charge on any atom is 0.316 e. The smallest absolute Gasteiger partial charge is 0.316 e. The molecular formula is C20H18N4O5S3. The number of carbonyl (C=O) groups is 2. The number of fused-ring (bicyclic) bond motifs is 1. The van der Waals surface area contributed by atoms with Gasteiger partial charge in [-0.15, -0.1) is 34.4 Å². The second-order valence-corrected chi connectivity index (χ2v) is 9.55. The molecule has 0 saturated heterocycles. The van der Waals surface area contributed by atoms with Crippen molar-refractivity contribution in [3.05, 3.63) is 50.9 Å². The number of aromatic amines is 1. The molecule has 0 aliphatic heterocycles. The Morgan fingerprint density at radius 2 is 2.19 bits per heavy atom. The number of thiophene rings is 2. The van der Waals surface area contributed by atoms with E-state index in [1.54, 1.807) is 31.3 Å². The van der Waals surface area contributed by atoms with Crippen molar-refractivity contribution in [1.82, 2.24) is 15.1 Å². The van der Waals surface area contributed by atoms with Gasteiger partial charge in [0.2, 0.25) is 5.91 Å². The highest BCUT2D eigenvalue weighted by molar-refractivity contribution is 8.00. The van der Waals surface area contributed by atoms with E-state index in [0.29, 0.717) is 21.8 Å². The lowest BCUT2D eigenvalue weighted by molar-refractivity contribution is -0.145. The van der Waals surface area contributed by atoms with Gasteiger partial charge < -0.3 is 19.6 Å². The van der Waals surface area contributed by atoms with Crippen LogP contribution in [0.1, 0.15) is 24.6 Å². The number of aromatic nitrogens is 3. The number of thioether (sulfide) groups is 1. The van der Waals surface area contributed by atoms with Gasteiger partial charge in [0.25, 0.3) is 5.56 Å². The van der Waals surface area contributed by atoms with Crippen molar-refractivity contribution in [2.45, 2.75) is 20.0 Å². The van der Waals surface area contributed by atoms with Crippen molar-refractivity contribution in [1.29, 1.82) is 0 Å². The lowest BCUT2D eigenvalue weighted by Gasteiger charge is -2.12. The van der Waals surface area contributed by atoms with E-state index >= 15 is 0 Å². The van der Waals surface area contributed by atoms with E-state index in [1.807, 2.05) is 22.9 Å². The fourth-order valence-corrected chi connectivity index (χ4v) is 5.25. The summed E-state index contributed by atoms with van der Waals surface area (Å²) in [6.45, 7) is 3.36. The normalized spacial score (nSPS) is 12.1. The zero-order chi connectivity index (χ0) is 22.7. The van der Waals surface area contributed by atoms with E-state index in [-0.39, 0.29) is 28.8 Å². The van der Waals surface area contributed by atoms with Gasteiger partial charge in [0.1, 0.15) is 10.6 Å². The highest BCUT2D eigenvalue weighted by atomic mass is 32.2. The molecule has 0 unspecified atom stereocenters. The topological polar surface area (TPSA) is 127 Å². The number of nitrogens with one attached hydrogen (secondary N) is 2. The summed E-state index contributed by atoms with van der Waals surface area (Å²) < 4.78 is 10.3. The number of esters is 1. The minimum Gasteiger partial charge on any atom is -0.454 e. The first-order valence-corrected chi connectivity index (χ1v) is 12.4. The molecule has 0 fully saturated rings. The third-order valence-electron chi connectivity index (χ3n) is 4.29. The largest absolute Gasteiger partial charge is 0.454 e. The minimum absolute atomic E-state index is 0.0242. The average Bonchev–Trinajstić information content (AvgIpc) is 3.48. The molecule has 4 rings (SSSR count). The number of nitrogens with zero attached hydrogens (tertiary/aromatic N) is 2. The van der Waals surface area contributed by atoms with Gasteiger partial charge in [0, 0.05) is 21.9 Å². The van der Waals surface area contributed by atoms with Gasteiger partial charge in [-0.05, 0) is 25.3 Å². The number of amides is 1. The molecule has 166 valence electrons. The molecule has 2 N–H and O–H groups in total. The van der Waals surface area contributed by atoms with Gasteiger partial charge in [-0.1, -0.05) is 11.2 Å². The van der Waals surface area contributed by atoms with Crippen LogP contribution in [0.3, 0.4) is 0 Å². The molecule has 4 heterocycles. The van der Waals surface area contributed by atoms with Crippen molar-refractivity contribution < 1.29 is 18.8 Å². The second kappa shape index (κ2) is 9.67. The van der Waals surface area contributed by atoms with Crippen LogP contribution in [0, 0.1) is 6.92 Å². The molecule has 1 amide bonds. The quantitative estimate of drug-likeness (QED) is 0.355. The number of hydrogen-bond acceptors (Lipinski definition) is 10. The summed E-state index contributed by atoms with van der Waals surface area (Å²) in [6.07, 6.45) is -0.737. The fraction of sp³-hybridized carbons (Fsp3) is 0.250. The summed E-state index contributed by atoms with van der Waals surface area (Å²) in [7, 11) is 0. The molecule has 4 aromatic rings. The standard InChI is InChI=1S/C20H18N4O5S3/c1-10-6-14(24-29-10)21-15(25)8-30-9-16(26)28-11(2)18-22-19(27)17-12(7-32-20(17)23-18)13-4-3-5-31-13/h3-7,11H,8-9H2,1-2H3,(H,21,24,25)(H,22,23,27)/t11-/m0/s1. The van der Waals surface area contributed by atoms with Crippen LogP contribution >= 0.6 is 34.4 Å². The monoisotopic (exact) mass is 490 g/mol. The number of hydrogen-bond donors (Lipinski definition) is 2. The molecule has 0 aliphatic carbocycles. The number of carbonyl (C=O) groups excluding carboxylic acids is 2. The minimum atomic E-state index is -0.737. The molecule has 0 saturated carbocycles. The summed E-state index contributed by atoms with van der Waals surface area (Å²) in [5.74, 6) is 0.396. The first-order valence-electron chi connectivity index (χ1n) is 9.46. The number of H-pyrrole nitrogens is 1. The van der Waals surface area contributed by atoms with Gasteiger partial charge in [0.15, 0.2) is 17.7 Å². The fourth-order valence-electron chi connectivity index (χ4n) is 2.89. The predicted molar refractivity (Wildman–Crippen MR) is 125 cm³/mol. The Morgan fingerprint density at radius 3 is 2.91 bits per heavy atom. The van der Waals surface area contributed by atoms with E-state index < -0.39 is 12.1 Å². The van der Waals surface area contributed by atoms with E-state index in [1.165, 1.54) is 11.3 Å². The first-order chi connectivity index (χ1) is 15.4. The van der Waals surface area contributed by atoms with Gasteiger partial charge in [-0.2, -0.15) is 0 Å². The van der Waals surface area contributed by atoms with Crippen LogP contribution in [0.4, 0.5) is 5.82 Å². The van der Waals surface area contributed by atoms with Crippen molar-refractivity contribution in [2.75, 3.05) is 16.8 Å². The third-order valence-corrected chi connectivity index (χ3v) is 6.97. The molecule has 0 spiro atoms. The average molecular weight is 491 g/mol. The third kappa shape index (κ3) is 5.09. The molecule has 0 radical (unpaired) electrons. The second-order valence-electron chi connectivity index (χ2n) is 6.75. The van der Waals surface area contributed by atoms with Crippen LogP contribution in [0.25, 0.3) is 20.7 Å². The number of anilines is 1. The molecule has 32 heavy (non-hydrogen) atoms. The summed E-state index contributed by atoms with van der Waals surface area (Å²) in [5, 5.41) is 10.6. The van der Waals surface area contributed by atoms with Crippen molar-refractivity contribution >= 4 is 62.3 Å². The molecule has 0 bridgehead atoms. The molecule has 1 atom stereocenters. The maximum absolute atomic E-state index is 12.7. The Labute approximate surface area is 194 Å². The highest BCUT2D eigenvalue weighted by Gasteiger charge is 2.19. The summed E-state index contributed by atoms with van der Waals surface area (Å²) in [5.41, 5.74) is 0.576. The first kappa shape index (κ1) is 22.2. The number of aryl methyl sites for hydroxylation is 1. The number of rotatable bonds is 8. The zero-order valence-corrected chi connectivity index (χ0v) is 19.5. The molecule has 9 nitrogen and oxygen atoms in total. The van der Waals surface area contributed by atoms with Crippen LogP contribution in [-0.2, 0) is 14.3 Å². The summed E-state index contributed by atoms with van der Waals surface area (Å²) in [6, 6.07) is 5.48. The Bertz CT molecular complexity index is 1310. The van der Waals surface area contributed by atoms with E-state index in [2.05, 4.69) is 20.4 Å². The van der Waals surface area contributed by atoms with Crippen molar-refractivity contribution in [3.63, 3.8) is 0 Å². The van der Waals surface area contributed by atoms with Gasteiger partial charge in [-0.25, -0.2) is 4.98 Å². The van der Waals surface area contributed by atoms with Crippen LogP contribution < -0.4 is 10.9 Å². The molecular weight excluding hydrogens is 472 g/mol. The summed E-state index contributed by atoms with van der Waals surface area (Å²) >= 11 is 4.03. The Morgan fingerprint density at radius 1 is 1.34 bits per heavy atom. The molecule has 4 aromatic heterocycles. The Kier molecular flexibility index (Phi) is 6.72. The van der Waals surface area contributed by atoms with Crippen LogP contribution in [0.2, 0.25) is 0 Å². The van der Waals surface area contributed by atoms with Crippen LogP contribution in [0.5, 0.6) is 0 Å². The highest BCUT2D eigenvalue weighted by Crippen LogP contribution is 2.33. The number of ether oxygens (including phenoxy) is 1. The maximum atomic E-state index is 12.7. The van der Waals surface area contributed by atoms with Gasteiger partial charge >= 0.3 is 5.97 Å². The van der Waals surface area contributed by atoms with Crippen molar-refractivity contribution in [2.24, 2.45) is 0 Å². The zero-order valence-electron chi connectivity index (χ0n) is 17.0. The molecule has 0 aromatic carbocycles. The van der Waals surface area contributed by atoms with Crippen LogP contribution in [0.15, 0.2) is 38.3 Å². The lowest BCUT2D eigenvalue weighted by Crippen LogP contribution is -2.19. The molecule has 0 aliphatic rings. The molecule has 12 heteroatoms. The van der Waals surface area contributed by atoms with Crippen LogP contribution in [-0.4, -0.2) is 38.5 Å². The summed E-state index contributed by atoms with van der Waals surface area (Å²) in [4.78, 5) is 45.5. The Balaban J connectivity index is 1.33. The van der Waals surface area contributed by atoms with Gasteiger partial charge in [0.05, 0.1) is 16.9 Å². The Hall–Kier alpha value is -2.96. The van der Waals surface area contributed by atoms with E-state index in [4.69, 9.17) is 9.26 Å². The van der Waals surface area contributed by atoms with E-state index in [9.17, 15) is 14.4 Å².